The number of halogens is 1. The topological polar surface area (TPSA) is 116 Å². The third-order valence-electron chi connectivity index (χ3n) is 6.74. The summed E-state index contributed by atoms with van der Waals surface area (Å²) in [5, 5.41) is 9.52. The highest BCUT2D eigenvalue weighted by Crippen LogP contribution is 2.50. The van der Waals surface area contributed by atoms with E-state index < -0.39 is 23.3 Å². The number of carbonyl (C=O) groups excluding carboxylic acids is 2. The van der Waals surface area contributed by atoms with Crippen LogP contribution in [-0.4, -0.2) is 30.6 Å². The number of furan rings is 1. The molecular weight excluding hydrogens is 565 g/mol. The maximum absolute atomic E-state index is 13.6. The van der Waals surface area contributed by atoms with Crippen molar-refractivity contribution in [3.63, 3.8) is 0 Å². The first-order chi connectivity index (χ1) is 16.9. The number of para-hydroxylation sites is 1. The number of aromatic nitrogens is 3. The van der Waals surface area contributed by atoms with E-state index in [2.05, 4.69) is 0 Å². The standard InChI is InChI=1S/C25H18IN3O6/c26-17-11-19(31)16-10-18-15(21(22(16)23(17)32)20-7-6-14(12-30)35-20)8-9-27-24(33)28(25(34)29(18)27)13-4-2-1-3-5-13/h1-8,11,18,21,30H,9-10,12H2. The van der Waals surface area contributed by atoms with Gasteiger partial charge in [0, 0.05) is 23.6 Å². The number of aliphatic hydroxyl groups excluding tert-OH is 1. The minimum atomic E-state index is -0.713. The van der Waals surface area contributed by atoms with E-state index in [1.807, 2.05) is 28.7 Å². The molecule has 2 aliphatic carbocycles. The predicted molar refractivity (Wildman–Crippen MR) is 133 cm³/mol. The van der Waals surface area contributed by atoms with Gasteiger partial charge >= 0.3 is 11.4 Å². The maximum atomic E-state index is 13.6. The summed E-state index contributed by atoms with van der Waals surface area (Å²) in [6, 6.07) is 11.3. The summed E-state index contributed by atoms with van der Waals surface area (Å²) >= 11 is 1.86. The number of rotatable bonds is 3. The lowest BCUT2D eigenvalue weighted by molar-refractivity contribution is -0.115. The van der Waals surface area contributed by atoms with Crippen LogP contribution >= 0.6 is 22.6 Å². The summed E-state index contributed by atoms with van der Waals surface area (Å²) < 4.78 is 10.0. The Labute approximate surface area is 211 Å². The van der Waals surface area contributed by atoms with E-state index in [1.54, 1.807) is 42.5 Å². The van der Waals surface area contributed by atoms with E-state index >= 15 is 0 Å². The number of benzene rings is 1. The molecule has 0 spiro atoms. The van der Waals surface area contributed by atoms with Crippen molar-refractivity contribution in [1.82, 2.24) is 13.9 Å². The molecule has 1 aliphatic heterocycles. The summed E-state index contributed by atoms with van der Waals surface area (Å²) in [7, 11) is 0. The third kappa shape index (κ3) is 3.16. The van der Waals surface area contributed by atoms with Gasteiger partial charge in [0.25, 0.3) is 0 Å². The quantitative estimate of drug-likeness (QED) is 0.288. The zero-order chi connectivity index (χ0) is 24.4. The van der Waals surface area contributed by atoms with Crippen LogP contribution < -0.4 is 11.4 Å². The molecule has 3 aromatic rings. The Morgan fingerprint density at radius 1 is 1.03 bits per heavy atom. The first-order valence-electron chi connectivity index (χ1n) is 11.0. The minimum absolute atomic E-state index is 0.106. The third-order valence-corrected chi connectivity index (χ3v) is 7.54. The van der Waals surface area contributed by atoms with Crippen LogP contribution in [0.5, 0.6) is 0 Å². The maximum Gasteiger partial charge on any atom is 0.352 e. The van der Waals surface area contributed by atoms with Crippen molar-refractivity contribution in [2.24, 2.45) is 0 Å². The summed E-state index contributed by atoms with van der Waals surface area (Å²) in [5.41, 5.74) is 0.802. The Kier molecular flexibility index (Phi) is 5.04. The Morgan fingerprint density at radius 3 is 2.51 bits per heavy atom. The second kappa shape index (κ2) is 8.02. The zero-order valence-corrected chi connectivity index (χ0v) is 20.3. The van der Waals surface area contributed by atoms with Crippen molar-refractivity contribution in [2.75, 3.05) is 0 Å². The Hall–Kier alpha value is -3.51. The van der Waals surface area contributed by atoms with Crippen LogP contribution in [0.15, 0.2) is 88.9 Å². The smallest absolute Gasteiger partial charge is 0.352 e. The fraction of sp³-hybridized carbons (Fsp3) is 0.200. The molecule has 0 fully saturated rings. The van der Waals surface area contributed by atoms with Gasteiger partial charge in [-0.2, -0.15) is 0 Å². The fourth-order valence-electron chi connectivity index (χ4n) is 5.23. The molecule has 6 rings (SSSR count). The molecule has 0 amide bonds. The average Bonchev–Trinajstić information content (AvgIpc) is 3.44. The lowest BCUT2D eigenvalue weighted by Crippen LogP contribution is -2.40. The fourth-order valence-corrected chi connectivity index (χ4v) is 5.80. The van der Waals surface area contributed by atoms with Crippen LogP contribution in [-0.2, 0) is 22.7 Å². The van der Waals surface area contributed by atoms with E-state index in [9.17, 15) is 24.3 Å². The number of carbonyl (C=O) groups is 2. The van der Waals surface area contributed by atoms with E-state index in [0.29, 0.717) is 37.5 Å². The predicted octanol–water partition coefficient (Wildman–Crippen LogP) is 2.32. The van der Waals surface area contributed by atoms with Gasteiger partial charge < -0.3 is 9.52 Å². The Bertz CT molecular complexity index is 1630. The van der Waals surface area contributed by atoms with Crippen LogP contribution in [0.25, 0.3) is 5.69 Å². The molecule has 2 aromatic heterocycles. The van der Waals surface area contributed by atoms with Crippen molar-refractivity contribution < 1.29 is 19.1 Å². The van der Waals surface area contributed by atoms with Crippen LogP contribution in [0.2, 0.25) is 0 Å². The van der Waals surface area contributed by atoms with Gasteiger partial charge in [-0.3, -0.25) is 9.59 Å². The van der Waals surface area contributed by atoms with Crippen LogP contribution in [0, 0.1) is 0 Å². The van der Waals surface area contributed by atoms with Gasteiger partial charge in [0.05, 0.1) is 27.8 Å². The first-order valence-corrected chi connectivity index (χ1v) is 12.1. The molecule has 1 N–H and O–H groups in total. The molecule has 0 bridgehead atoms. The minimum Gasteiger partial charge on any atom is -0.463 e. The summed E-state index contributed by atoms with van der Waals surface area (Å²) in [6.07, 6.45) is 3.25. The van der Waals surface area contributed by atoms with Crippen molar-refractivity contribution in [3.8, 4) is 5.69 Å². The zero-order valence-electron chi connectivity index (χ0n) is 18.2. The highest BCUT2D eigenvalue weighted by molar-refractivity contribution is 14.1. The van der Waals surface area contributed by atoms with Crippen LogP contribution in [0.3, 0.4) is 0 Å². The second-order valence-corrected chi connectivity index (χ2v) is 9.72. The van der Waals surface area contributed by atoms with E-state index in [4.69, 9.17) is 4.42 Å². The molecule has 1 aromatic carbocycles. The van der Waals surface area contributed by atoms with E-state index in [-0.39, 0.29) is 31.1 Å². The molecule has 2 atom stereocenters. The van der Waals surface area contributed by atoms with Gasteiger partial charge in [-0.15, -0.1) is 0 Å². The van der Waals surface area contributed by atoms with Gasteiger partial charge in [-0.25, -0.2) is 23.5 Å². The highest BCUT2D eigenvalue weighted by Gasteiger charge is 2.46. The monoisotopic (exact) mass is 583 g/mol. The number of ketones is 2. The molecule has 3 aliphatic rings. The van der Waals surface area contributed by atoms with E-state index in [1.165, 1.54) is 15.4 Å². The SMILES string of the molecule is O=C1C=C(I)C(=O)C2=C1CC1C(=CCn3c(=O)n(-c4ccccc4)c(=O)n31)C2c1ccc(CO)o1. The first kappa shape index (κ1) is 22.0. The van der Waals surface area contributed by atoms with Gasteiger partial charge in [-0.05, 0) is 52.4 Å². The molecule has 3 heterocycles. The number of aliphatic hydroxyl groups is 1. The van der Waals surface area contributed by atoms with Crippen molar-refractivity contribution in [2.45, 2.75) is 31.5 Å². The number of allylic oxidation sites excluding steroid dienone is 6. The molecular formula is C25H18IN3O6. The molecule has 0 radical (unpaired) electrons. The van der Waals surface area contributed by atoms with Crippen LogP contribution in [0.4, 0.5) is 0 Å². The second-order valence-electron chi connectivity index (χ2n) is 8.56. The molecule has 0 saturated carbocycles. The molecule has 0 saturated heterocycles. The van der Waals surface area contributed by atoms with Gasteiger partial charge in [0.1, 0.15) is 18.1 Å². The normalized spacial score (nSPS) is 21.3. The number of hydrogen-bond donors (Lipinski definition) is 1. The van der Waals surface area contributed by atoms with Crippen molar-refractivity contribution in [1.29, 1.82) is 0 Å². The largest absolute Gasteiger partial charge is 0.463 e. The average molecular weight is 583 g/mol. The number of hydrogen-bond acceptors (Lipinski definition) is 6. The lowest BCUT2D eigenvalue weighted by atomic mass is 9.70. The number of nitrogens with zero attached hydrogens (tertiary/aromatic N) is 3. The Balaban J connectivity index is 1.58. The van der Waals surface area contributed by atoms with E-state index in [0.717, 1.165) is 4.57 Å². The van der Waals surface area contributed by atoms with Gasteiger partial charge in [0.2, 0.25) is 0 Å². The molecule has 10 heteroatoms. The van der Waals surface area contributed by atoms with Gasteiger partial charge in [0.15, 0.2) is 11.6 Å². The molecule has 9 nitrogen and oxygen atoms in total. The number of fused-ring (bicyclic) bond motifs is 3. The summed E-state index contributed by atoms with van der Waals surface area (Å²) in [4.78, 5) is 53.1. The van der Waals surface area contributed by atoms with Crippen molar-refractivity contribution in [3.05, 3.63) is 107 Å². The number of Topliss-reactive ketones (excluding diaryl/α,β-unsaturated/α-hetero) is 1. The lowest BCUT2D eigenvalue weighted by Gasteiger charge is -2.38. The molecule has 176 valence electrons. The molecule has 35 heavy (non-hydrogen) atoms. The summed E-state index contributed by atoms with van der Waals surface area (Å²) in [5.74, 6) is -0.545. The highest BCUT2D eigenvalue weighted by atomic mass is 127. The molecule has 2 unspecified atom stereocenters. The Morgan fingerprint density at radius 2 is 1.80 bits per heavy atom. The summed E-state index contributed by atoms with van der Waals surface area (Å²) in [6.45, 7) is -0.189. The van der Waals surface area contributed by atoms with Crippen LogP contribution in [0.1, 0.15) is 29.9 Å². The van der Waals surface area contributed by atoms with Gasteiger partial charge in [-0.1, -0.05) is 24.3 Å². The van der Waals surface area contributed by atoms with Crippen molar-refractivity contribution >= 4 is 34.2 Å².